The molecule has 0 saturated heterocycles. The lowest BCUT2D eigenvalue weighted by Crippen LogP contribution is -2.52. The number of benzene rings is 1. The second kappa shape index (κ2) is 8.12. The highest BCUT2D eigenvalue weighted by Gasteiger charge is 2.37. The van der Waals surface area contributed by atoms with Gasteiger partial charge in [-0.25, -0.2) is 0 Å². The SMILES string of the molecule is CC(C)C1CC(NCCc2ccccc2)CC(C(C)C)C1N. The summed E-state index contributed by atoms with van der Waals surface area (Å²) in [6, 6.07) is 11.8. The molecule has 0 radical (unpaired) electrons. The molecular formula is C20H34N2. The molecule has 2 rings (SSSR count). The number of hydrogen-bond acceptors (Lipinski definition) is 2. The van der Waals surface area contributed by atoms with Gasteiger partial charge < -0.3 is 11.1 Å². The largest absolute Gasteiger partial charge is 0.327 e. The van der Waals surface area contributed by atoms with Crippen LogP contribution in [0.15, 0.2) is 30.3 Å². The summed E-state index contributed by atoms with van der Waals surface area (Å²) in [6.45, 7) is 10.4. The normalized spacial score (nSPS) is 29.2. The first-order chi connectivity index (χ1) is 10.5. The zero-order valence-corrected chi connectivity index (χ0v) is 14.8. The smallest absolute Gasteiger partial charge is 0.0102 e. The third kappa shape index (κ3) is 4.57. The van der Waals surface area contributed by atoms with E-state index >= 15 is 0 Å². The average molecular weight is 303 g/mol. The van der Waals surface area contributed by atoms with E-state index in [4.69, 9.17) is 5.73 Å². The Hall–Kier alpha value is -0.860. The van der Waals surface area contributed by atoms with Gasteiger partial charge in [0.2, 0.25) is 0 Å². The third-order valence-electron chi connectivity index (χ3n) is 5.50. The van der Waals surface area contributed by atoms with Crippen LogP contribution in [0.1, 0.15) is 46.1 Å². The van der Waals surface area contributed by atoms with E-state index < -0.39 is 0 Å². The predicted octanol–water partition coefficient (Wildman–Crippen LogP) is 3.85. The van der Waals surface area contributed by atoms with Crippen LogP contribution in [0.3, 0.4) is 0 Å². The summed E-state index contributed by atoms with van der Waals surface area (Å²) in [5, 5.41) is 3.80. The van der Waals surface area contributed by atoms with Crippen molar-refractivity contribution >= 4 is 0 Å². The van der Waals surface area contributed by atoms with Crippen molar-refractivity contribution in [2.24, 2.45) is 29.4 Å². The summed E-state index contributed by atoms with van der Waals surface area (Å²) >= 11 is 0. The highest BCUT2D eigenvalue weighted by molar-refractivity contribution is 5.14. The van der Waals surface area contributed by atoms with Crippen molar-refractivity contribution in [2.75, 3.05) is 6.54 Å². The third-order valence-corrected chi connectivity index (χ3v) is 5.50. The van der Waals surface area contributed by atoms with Gasteiger partial charge in [-0.1, -0.05) is 58.0 Å². The van der Waals surface area contributed by atoms with E-state index in [-0.39, 0.29) is 0 Å². The molecule has 2 heteroatoms. The summed E-state index contributed by atoms with van der Waals surface area (Å²) in [7, 11) is 0. The van der Waals surface area contributed by atoms with Gasteiger partial charge in [-0.15, -0.1) is 0 Å². The number of rotatable bonds is 6. The Kier molecular flexibility index (Phi) is 6.46. The molecule has 1 aliphatic carbocycles. The van der Waals surface area contributed by atoms with Crippen LogP contribution >= 0.6 is 0 Å². The van der Waals surface area contributed by atoms with Crippen LogP contribution in [0.2, 0.25) is 0 Å². The molecule has 1 aliphatic rings. The first kappa shape index (κ1) is 17.5. The van der Waals surface area contributed by atoms with Crippen molar-refractivity contribution in [3.05, 3.63) is 35.9 Å². The fourth-order valence-electron chi connectivity index (χ4n) is 4.05. The van der Waals surface area contributed by atoms with E-state index in [9.17, 15) is 0 Å². The molecule has 2 nitrogen and oxygen atoms in total. The molecule has 124 valence electrons. The molecule has 1 fully saturated rings. The number of nitrogens with two attached hydrogens (primary N) is 1. The van der Waals surface area contributed by atoms with Gasteiger partial charge in [0.15, 0.2) is 0 Å². The second-order valence-electron chi connectivity index (χ2n) is 7.75. The maximum absolute atomic E-state index is 6.58. The zero-order valence-electron chi connectivity index (χ0n) is 14.8. The minimum atomic E-state index is 0.368. The van der Waals surface area contributed by atoms with E-state index in [2.05, 4.69) is 63.3 Å². The van der Waals surface area contributed by atoms with Gasteiger partial charge in [-0.05, 0) is 55.0 Å². The van der Waals surface area contributed by atoms with Crippen LogP contribution < -0.4 is 11.1 Å². The lowest BCUT2D eigenvalue weighted by molar-refractivity contribution is 0.113. The summed E-state index contributed by atoms with van der Waals surface area (Å²) in [5.74, 6) is 2.65. The van der Waals surface area contributed by atoms with E-state index in [0.29, 0.717) is 35.8 Å². The Morgan fingerprint density at radius 3 is 2.05 bits per heavy atom. The standard InChI is InChI=1S/C20H34N2/c1-14(2)18-12-17(13-19(15(3)4)20(18)21)22-11-10-16-8-6-5-7-9-16/h5-9,14-15,17-20,22H,10-13,21H2,1-4H3. The molecule has 1 aromatic carbocycles. The van der Waals surface area contributed by atoms with Crippen LogP contribution in [-0.4, -0.2) is 18.6 Å². The maximum atomic E-state index is 6.58. The summed E-state index contributed by atoms with van der Waals surface area (Å²) in [5.41, 5.74) is 8.00. The van der Waals surface area contributed by atoms with Crippen LogP contribution in [0.5, 0.6) is 0 Å². The molecule has 0 heterocycles. The molecular weight excluding hydrogens is 268 g/mol. The fourth-order valence-corrected chi connectivity index (χ4v) is 4.05. The highest BCUT2D eigenvalue weighted by Crippen LogP contribution is 2.36. The van der Waals surface area contributed by atoms with Gasteiger partial charge in [0.25, 0.3) is 0 Å². The van der Waals surface area contributed by atoms with E-state index in [0.717, 1.165) is 13.0 Å². The molecule has 2 unspecified atom stereocenters. The van der Waals surface area contributed by atoms with Crippen molar-refractivity contribution in [1.29, 1.82) is 0 Å². The lowest BCUT2D eigenvalue weighted by Gasteiger charge is -2.44. The fraction of sp³-hybridized carbons (Fsp3) is 0.700. The molecule has 0 spiro atoms. The molecule has 22 heavy (non-hydrogen) atoms. The van der Waals surface area contributed by atoms with Gasteiger partial charge in [0.1, 0.15) is 0 Å². The maximum Gasteiger partial charge on any atom is 0.0102 e. The number of hydrogen-bond donors (Lipinski definition) is 2. The molecule has 3 N–H and O–H groups in total. The van der Waals surface area contributed by atoms with Gasteiger partial charge >= 0.3 is 0 Å². The van der Waals surface area contributed by atoms with Gasteiger partial charge in [0, 0.05) is 12.1 Å². The van der Waals surface area contributed by atoms with Crippen LogP contribution in [-0.2, 0) is 6.42 Å². The van der Waals surface area contributed by atoms with Crippen molar-refractivity contribution < 1.29 is 0 Å². The van der Waals surface area contributed by atoms with Crippen molar-refractivity contribution in [2.45, 2.75) is 59.0 Å². The Labute approximate surface area is 136 Å². The van der Waals surface area contributed by atoms with Crippen molar-refractivity contribution in [3.8, 4) is 0 Å². The minimum Gasteiger partial charge on any atom is -0.327 e. The molecule has 0 bridgehead atoms. The molecule has 0 amide bonds. The molecule has 0 aromatic heterocycles. The van der Waals surface area contributed by atoms with Crippen molar-refractivity contribution in [1.82, 2.24) is 5.32 Å². The molecule has 2 atom stereocenters. The van der Waals surface area contributed by atoms with Crippen LogP contribution in [0.25, 0.3) is 0 Å². The number of nitrogens with one attached hydrogen (secondary N) is 1. The monoisotopic (exact) mass is 302 g/mol. The topological polar surface area (TPSA) is 38.0 Å². The quantitative estimate of drug-likeness (QED) is 0.837. The van der Waals surface area contributed by atoms with E-state index in [1.165, 1.54) is 18.4 Å². The lowest BCUT2D eigenvalue weighted by atomic mass is 9.67. The first-order valence-electron chi connectivity index (χ1n) is 9.02. The summed E-state index contributed by atoms with van der Waals surface area (Å²) in [4.78, 5) is 0. The second-order valence-corrected chi connectivity index (χ2v) is 7.75. The first-order valence-corrected chi connectivity index (χ1v) is 9.02. The Morgan fingerprint density at radius 1 is 1.00 bits per heavy atom. The summed E-state index contributed by atoms with van der Waals surface area (Å²) < 4.78 is 0. The Morgan fingerprint density at radius 2 is 1.55 bits per heavy atom. The average Bonchev–Trinajstić information content (AvgIpc) is 2.49. The zero-order chi connectivity index (χ0) is 16.1. The predicted molar refractivity (Wildman–Crippen MR) is 95.8 cm³/mol. The molecule has 1 saturated carbocycles. The molecule has 1 aromatic rings. The van der Waals surface area contributed by atoms with Gasteiger partial charge in [-0.2, -0.15) is 0 Å². The summed E-state index contributed by atoms with van der Waals surface area (Å²) in [6.07, 6.45) is 3.58. The Bertz CT molecular complexity index is 409. The van der Waals surface area contributed by atoms with Gasteiger partial charge in [-0.3, -0.25) is 0 Å². The van der Waals surface area contributed by atoms with Crippen molar-refractivity contribution in [3.63, 3.8) is 0 Å². The minimum absolute atomic E-state index is 0.368. The highest BCUT2D eigenvalue weighted by atomic mass is 14.9. The molecule has 0 aliphatic heterocycles. The van der Waals surface area contributed by atoms with Gasteiger partial charge in [0.05, 0.1) is 0 Å². The van der Waals surface area contributed by atoms with E-state index in [1.807, 2.05) is 0 Å². The van der Waals surface area contributed by atoms with Crippen LogP contribution in [0.4, 0.5) is 0 Å². The van der Waals surface area contributed by atoms with Crippen LogP contribution in [0, 0.1) is 23.7 Å². The Balaban J connectivity index is 1.89. The van der Waals surface area contributed by atoms with E-state index in [1.54, 1.807) is 0 Å².